The van der Waals surface area contributed by atoms with Crippen molar-refractivity contribution in [2.45, 2.75) is 32.7 Å². The van der Waals surface area contributed by atoms with Gasteiger partial charge in [-0.3, -0.25) is 4.68 Å². The van der Waals surface area contributed by atoms with Crippen LogP contribution in [-0.4, -0.2) is 40.3 Å². The van der Waals surface area contributed by atoms with Gasteiger partial charge in [0.15, 0.2) is 0 Å². The number of hydrogen-bond donors (Lipinski definition) is 1. The molecule has 1 aromatic rings. The number of likely N-dealkylation sites (tertiary alicyclic amines) is 1. The molecule has 0 bridgehead atoms. The summed E-state index contributed by atoms with van der Waals surface area (Å²) in [6.07, 6.45) is 6.99. The molecule has 0 radical (unpaired) electrons. The van der Waals surface area contributed by atoms with Gasteiger partial charge in [0.2, 0.25) is 0 Å². The number of amides is 2. The third-order valence-corrected chi connectivity index (χ3v) is 3.34. The van der Waals surface area contributed by atoms with Gasteiger partial charge in [-0.15, -0.1) is 0 Å². The molecule has 0 aliphatic carbocycles. The van der Waals surface area contributed by atoms with Gasteiger partial charge in [-0.2, -0.15) is 5.10 Å². The topological polar surface area (TPSA) is 50.2 Å². The molecule has 1 aromatic heterocycles. The number of nitrogens with one attached hydrogen (secondary N) is 1. The molecule has 5 nitrogen and oxygen atoms in total. The lowest BCUT2D eigenvalue weighted by molar-refractivity contribution is 0.169. The van der Waals surface area contributed by atoms with Gasteiger partial charge in [0.1, 0.15) is 0 Å². The van der Waals surface area contributed by atoms with Gasteiger partial charge in [-0.1, -0.05) is 6.92 Å². The summed E-state index contributed by atoms with van der Waals surface area (Å²) in [5.41, 5.74) is 0. The number of rotatable bonds is 4. The van der Waals surface area contributed by atoms with E-state index < -0.39 is 0 Å². The second-order valence-corrected chi connectivity index (χ2v) is 5.05. The third-order valence-electron chi connectivity index (χ3n) is 3.34. The summed E-state index contributed by atoms with van der Waals surface area (Å²) in [4.78, 5) is 13.8. The Hall–Kier alpha value is -1.52. The Bertz CT molecular complexity index is 363. The van der Waals surface area contributed by atoms with E-state index in [2.05, 4.69) is 17.3 Å². The Labute approximate surface area is 108 Å². The predicted octanol–water partition coefficient (Wildman–Crippen LogP) is 1.71. The van der Waals surface area contributed by atoms with E-state index in [1.165, 1.54) is 6.42 Å². The zero-order valence-corrected chi connectivity index (χ0v) is 11.0. The molecule has 1 N–H and O–H groups in total. The first-order valence-corrected chi connectivity index (χ1v) is 6.76. The molecular formula is C13H22N4O. The van der Waals surface area contributed by atoms with Crippen molar-refractivity contribution in [3.05, 3.63) is 18.5 Å². The van der Waals surface area contributed by atoms with Gasteiger partial charge < -0.3 is 10.2 Å². The fourth-order valence-electron chi connectivity index (χ4n) is 2.35. The molecule has 100 valence electrons. The van der Waals surface area contributed by atoms with E-state index in [-0.39, 0.29) is 6.03 Å². The van der Waals surface area contributed by atoms with Crippen LogP contribution < -0.4 is 5.32 Å². The second-order valence-electron chi connectivity index (χ2n) is 5.05. The standard InChI is InChI=1S/C13H22N4O/c1-12-5-2-8-16(11-12)13(18)14-6-3-9-17-10-4-7-15-17/h4,7,10,12H,2-3,5-6,8-9,11H2,1H3,(H,14,18). The molecule has 1 atom stereocenters. The van der Waals surface area contributed by atoms with Crippen molar-refractivity contribution in [3.63, 3.8) is 0 Å². The Morgan fingerprint density at radius 2 is 2.44 bits per heavy atom. The molecular weight excluding hydrogens is 228 g/mol. The smallest absolute Gasteiger partial charge is 0.317 e. The molecule has 2 heterocycles. The van der Waals surface area contributed by atoms with Crippen molar-refractivity contribution in [3.8, 4) is 0 Å². The van der Waals surface area contributed by atoms with Crippen molar-refractivity contribution in [2.75, 3.05) is 19.6 Å². The summed E-state index contributed by atoms with van der Waals surface area (Å²) in [7, 11) is 0. The van der Waals surface area contributed by atoms with E-state index in [1.807, 2.05) is 21.8 Å². The Kier molecular flexibility index (Phi) is 4.61. The summed E-state index contributed by atoms with van der Waals surface area (Å²) in [5, 5.41) is 7.11. The van der Waals surface area contributed by atoms with Crippen molar-refractivity contribution < 1.29 is 4.79 Å². The molecule has 5 heteroatoms. The van der Waals surface area contributed by atoms with E-state index >= 15 is 0 Å². The first-order valence-electron chi connectivity index (χ1n) is 6.76. The maximum absolute atomic E-state index is 11.9. The van der Waals surface area contributed by atoms with Crippen LogP contribution in [0.25, 0.3) is 0 Å². The molecule has 2 rings (SSSR count). The van der Waals surface area contributed by atoms with Crippen LogP contribution in [0.2, 0.25) is 0 Å². The van der Waals surface area contributed by atoms with E-state index in [0.717, 1.165) is 32.5 Å². The molecule has 0 saturated carbocycles. The Balaban J connectivity index is 1.62. The van der Waals surface area contributed by atoms with Gasteiger partial charge in [0, 0.05) is 38.6 Å². The van der Waals surface area contributed by atoms with Crippen LogP contribution >= 0.6 is 0 Å². The average molecular weight is 250 g/mol. The van der Waals surface area contributed by atoms with E-state index in [0.29, 0.717) is 12.5 Å². The monoisotopic (exact) mass is 250 g/mol. The number of piperidine rings is 1. The summed E-state index contributed by atoms with van der Waals surface area (Å²) in [6, 6.07) is 2.00. The summed E-state index contributed by atoms with van der Waals surface area (Å²) >= 11 is 0. The number of hydrogen-bond acceptors (Lipinski definition) is 2. The predicted molar refractivity (Wildman–Crippen MR) is 70.2 cm³/mol. The summed E-state index contributed by atoms with van der Waals surface area (Å²) in [6.45, 7) is 5.56. The van der Waals surface area contributed by atoms with Crippen LogP contribution in [0.1, 0.15) is 26.2 Å². The van der Waals surface area contributed by atoms with Gasteiger partial charge in [0.25, 0.3) is 0 Å². The highest BCUT2D eigenvalue weighted by Crippen LogP contribution is 2.15. The highest BCUT2D eigenvalue weighted by atomic mass is 16.2. The minimum atomic E-state index is 0.0852. The Morgan fingerprint density at radius 1 is 1.56 bits per heavy atom. The van der Waals surface area contributed by atoms with Crippen LogP contribution in [0.4, 0.5) is 4.79 Å². The molecule has 2 amide bonds. The quantitative estimate of drug-likeness (QED) is 0.827. The zero-order valence-electron chi connectivity index (χ0n) is 11.0. The van der Waals surface area contributed by atoms with Crippen LogP contribution in [0.15, 0.2) is 18.5 Å². The maximum atomic E-state index is 11.9. The van der Waals surface area contributed by atoms with Crippen molar-refractivity contribution in [1.82, 2.24) is 20.0 Å². The van der Waals surface area contributed by atoms with Gasteiger partial charge >= 0.3 is 6.03 Å². The summed E-state index contributed by atoms with van der Waals surface area (Å²) in [5.74, 6) is 0.633. The third kappa shape index (κ3) is 3.75. The highest BCUT2D eigenvalue weighted by Gasteiger charge is 2.20. The van der Waals surface area contributed by atoms with Gasteiger partial charge in [-0.25, -0.2) is 4.79 Å². The molecule has 0 aromatic carbocycles. The minimum absolute atomic E-state index is 0.0852. The van der Waals surface area contributed by atoms with Crippen molar-refractivity contribution in [1.29, 1.82) is 0 Å². The second kappa shape index (κ2) is 6.42. The lowest BCUT2D eigenvalue weighted by Crippen LogP contribution is -2.45. The zero-order chi connectivity index (χ0) is 12.8. The van der Waals surface area contributed by atoms with Crippen LogP contribution in [-0.2, 0) is 6.54 Å². The van der Waals surface area contributed by atoms with E-state index in [4.69, 9.17) is 0 Å². The van der Waals surface area contributed by atoms with E-state index in [1.54, 1.807) is 6.20 Å². The fraction of sp³-hybridized carbons (Fsp3) is 0.692. The maximum Gasteiger partial charge on any atom is 0.317 e. The van der Waals surface area contributed by atoms with Crippen LogP contribution in [0.3, 0.4) is 0 Å². The minimum Gasteiger partial charge on any atom is -0.338 e. The largest absolute Gasteiger partial charge is 0.338 e. The molecule has 18 heavy (non-hydrogen) atoms. The van der Waals surface area contributed by atoms with Crippen molar-refractivity contribution in [2.24, 2.45) is 5.92 Å². The first kappa shape index (κ1) is 12.9. The number of aryl methyl sites for hydroxylation is 1. The van der Waals surface area contributed by atoms with E-state index in [9.17, 15) is 4.79 Å². The van der Waals surface area contributed by atoms with Crippen molar-refractivity contribution >= 4 is 6.03 Å². The number of nitrogens with zero attached hydrogens (tertiary/aromatic N) is 3. The highest BCUT2D eigenvalue weighted by molar-refractivity contribution is 5.74. The number of aromatic nitrogens is 2. The van der Waals surface area contributed by atoms with Crippen LogP contribution in [0, 0.1) is 5.92 Å². The SMILES string of the molecule is CC1CCCN(C(=O)NCCCn2cccn2)C1. The first-order chi connectivity index (χ1) is 8.75. The molecule has 1 aliphatic heterocycles. The average Bonchev–Trinajstić information content (AvgIpc) is 2.87. The van der Waals surface area contributed by atoms with Crippen LogP contribution in [0.5, 0.6) is 0 Å². The lowest BCUT2D eigenvalue weighted by atomic mass is 10.0. The fourth-order valence-corrected chi connectivity index (χ4v) is 2.35. The molecule has 1 aliphatic rings. The summed E-state index contributed by atoms with van der Waals surface area (Å²) < 4.78 is 1.88. The number of urea groups is 1. The normalized spacial score (nSPS) is 19.8. The number of carbonyl (C=O) groups excluding carboxylic acids is 1. The molecule has 1 unspecified atom stereocenters. The Morgan fingerprint density at radius 3 is 3.17 bits per heavy atom. The van der Waals surface area contributed by atoms with Gasteiger partial charge in [-0.05, 0) is 31.2 Å². The van der Waals surface area contributed by atoms with Gasteiger partial charge in [0.05, 0.1) is 0 Å². The molecule has 1 saturated heterocycles. The lowest BCUT2D eigenvalue weighted by Gasteiger charge is -2.30. The molecule has 0 spiro atoms. The molecule has 1 fully saturated rings. The number of carbonyl (C=O) groups is 1.